The van der Waals surface area contributed by atoms with Gasteiger partial charge in [0.15, 0.2) is 6.04 Å². The normalized spacial score (nSPS) is 13.2. The Hall–Kier alpha value is -1.86. The molecule has 19 heavy (non-hydrogen) atoms. The summed E-state index contributed by atoms with van der Waals surface area (Å²) in [6, 6.07) is 2.02. The first-order valence-corrected chi connectivity index (χ1v) is 5.09. The number of halogens is 5. The average molecular weight is 283 g/mol. The van der Waals surface area contributed by atoms with E-state index in [-0.39, 0.29) is 0 Å². The molecular formula is C11H10F5NO2. The zero-order valence-corrected chi connectivity index (χ0v) is 9.67. The fourth-order valence-electron chi connectivity index (χ4n) is 1.46. The van der Waals surface area contributed by atoms with Crippen LogP contribution in [-0.4, -0.2) is 18.7 Å². The van der Waals surface area contributed by atoms with Crippen molar-refractivity contribution < 1.29 is 31.5 Å². The van der Waals surface area contributed by atoms with E-state index < -0.39 is 36.0 Å². The van der Waals surface area contributed by atoms with Gasteiger partial charge in [-0.3, -0.25) is 4.79 Å². The lowest BCUT2D eigenvalue weighted by Crippen LogP contribution is -2.37. The van der Waals surface area contributed by atoms with Gasteiger partial charge in [-0.1, -0.05) is 18.2 Å². The molecule has 0 bridgehead atoms. The van der Waals surface area contributed by atoms with Crippen molar-refractivity contribution in [3.05, 3.63) is 29.8 Å². The van der Waals surface area contributed by atoms with E-state index in [9.17, 15) is 26.7 Å². The third kappa shape index (κ3) is 4.38. The Kier molecular flexibility index (Phi) is 4.68. The number of nitrogens with one attached hydrogen (secondary N) is 1. The Morgan fingerprint density at radius 2 is 1.84 bits per heavy atom. The van der Waals surface area contributed by atoms with Gasteiger partial charge < -0.3 is 10.1 Å². The molecule has 0 aromatic heterocycles. The summed E-state index contributed by atoms with van der Waals surface area (Å²) in [5, 5.41) is 1.66. The van der Waals surface area contributed by atoms with E-state index in [1.165, 1.54) is 12.1 Å². The topological polar surface area (TPSA) is 38.3 Å². The molecule has 0 radical (unpaired) electrons. The van der Waals surface area contributed by atoms with E-state index in [1.54, 1.807) is 5.32 Å². The molecule has 106 valence electrons. The van der Waals surface area contributed by atoms with Crippen LogP contribution in [0.2, 0.25) is 0 Å². The Morgan fingerprint density at radius 1 is 1.26 bits per heavy atom. The molecule has 0 heterocycles. The molecule has 0 saturated heterocycles. The highest BCUT2D eigenvalue weighted by Crippen LogP contribution is 2.37. The molecule has 0 saturated carbocycles. The average Bonchev–Trinajstić information content (AvgIpc) is 2.24. The minimum absolute atomic E-state index is 0.578. The number of rotatable bonds is 4. The van der Waals surface area contributed by atoms with Crippen molar-refractivity contribution in [1.29, 1.82) is 0 Å². The summed E-state index contributed by atoms with van der Waals surface area (Å²) in [7, 11) is 0. The SMILES string of the molecule is CC(=O)N[C@H](c1ccccc1OC(F)F)C(F)(F)F. The van der Waals surface area contributed by atoms with Crippen molar-refractivity contribution in [3.63, 3.8) is 0 Å². The molecule has 0 aliphatic carbocycles. The number of hydrogen-bond acceptors (Lipinski definition) is 2. The van der Waals surface area contributed by atoms with Crippen LogP contribution in [0.3, 0.4) is 0 Å². The predicted molar refractivity (Wildman–Crippen MR) is 55.7 cm³/mol. The molecule has 0 aliphatic rings. The van der Waals surface area contributed by atoms with Crippen LogP contribution >= 0.6 is 0 Å². The van der Waals surface area contributed by atoms with Crippen LogP contribution in [0, 0.1) is 0 Å². The van der Waals surface area contributed by atoms with Crippen molar-refractivity contribution in [2.45, 2.75) is 25.8 Å². The largest absolute Gasteiger partial charge is 0.434 e. The Labute approximate surface area is 105 Å². The maximum absolute atomic E-state index is 12.8. The van der Waals surface area contributed by atoms with Crippen LogP contribution in [0.4, 0.5) is 22.0 Å². The van der Waals surface area contributed by atoms with Crippen molar-refractivity contribution >= 4 is 5.91 Å². The molecule has 1 aromatic rings. The highest BCUT2D eigenvalue weighted by molar-refractivity contribution is 5.73. The fourth-order valence-corrected chi connectivity index (χ4v) is 1.46. The van der Waals surface area contributed by atoms with Crippen molar-refractivity contribution in [3.8, 4) is 5.75 Å². The maximum atomic E-state index is 12.8. The van der Waals surface area contributed by atoms with Crippen LogP contribution in [0.5, 0.6) is 5.75 Å². The van der Waals surface area contributed by atoms with Gasteiger partial charge in [-0.05, 0) is 6.07 Å². The standard InChI is InChI=1S/C11H10F5NO2/c1-6(18)17-9(11(14,15)16)7-4-2-3-5-8(7)19-10(12)13/h2-5,9-10H,1H3,(H,17,18)/t9-/m1/s1. The summed E-state index contributed by atoms with van der Waals surface area (Å²) in [4.78, 5) is 10.8. The molecule has 1 rings (SSSR count). The number of para-hydroxylation sites is 1. The van der Waals surface area contributed by atoms with Gasteiger partial charge in [0.1, 0.15) is 5.75 Å². The molecule has 0 spiro atoms. The zero-order valence-electron chi connectivity index (χ0n) is 9.67. The quantitative estimate of drug-likeness (QED) is 0.863. The molecule has 1 N–H and O–H groups in total. The second kappa shape index (κ2) is 5.85. The van der Waals surface area contributed by atoms with Crippen LogP contribution in [0.1, 0.15) is 18.5 Å². The summed E-state index contributed by atoms with van der Waals surface area (Å²) in [6.45, 7) is -2.36. The van der Waals surface area contributed by atoms with Crippen molar-refractivity contribution in [1.82, 2.24) is 5.32 Å². The number of benzene rings is 1. The molecular weight excluding hydrogens is 273 g/mol. The first-order valence-electron chi connectivity index (χ1n) is 5.09. The lowest BCUT2D eigenvalue weighted by atomic mass is 10.1. The highest BCUT2D eigenvalue weighted by atomic mass is 19.4. The number of alkyl halides is 5. The van der Waals surface area contributed by atoms with Crippen LogP contribution in [0.15, 0.2) is 24.3 Å². The van der Waals surface area contributed by atoms with Gasteiger partial charge in [-0.2, -0.15) is 22.0 Å². The predicted octanol–water partition coefficient (Wildman–Crippen LogP) is 3.03. The zero-order chi connectivity index (χ0) is 14.6. The van der Waals surface area contributed by atoms with Crippen LogP contribution in [-0.2, 0) is 4.79 Å². The fraction of sp³-hybridized carbons (Fsp3) is 0.364. The molecule has 3 nitrogen and oxygen atoms in total. The Bertz CT molecular complexity index is 447. The summed E-state index contributed by atoms with van der Waals surface area (Å²) in [5.41, 5.74) is -0.578. The van der Waals surface area contributed by atoms with E-state index in [0.717, 1.165) is 19.1 Å². The van der Waals surface area contributed by atoms with Gasteiger partial charge in [0.25, 0.3) is 0 Å². The minimum Gasteiger partial charge on any atom is -0.434 e. The lowest BCUT2D eigenvalue weighted by molar-refractivity contribution is -0.163. The molecule has 1 atom stereocenters. The second-order valence-electron chi connectivity index (χ2n) is 3.59. The molecule has 8 heteroatoms. The van der Waals surface area contributed by atoms with Crippen LogP contribution < -0.4 is 10.1 Å². The molecule has 0 unspecified atom stereocenters. The van der Waals surface area contributed by atoms with E-state index in [2.05, 4.69) is 4.74 Å². The first kappa shape index (κ1) is 15.2. The third-order valence-corrected chi connectivity index (χ3v) is 2.12. The summed E-state index contributed by atoms with van der Waals surface area (Å²) in [6.07, 6.45) is -4.83. The van der Waals surface area contributed by atoms with Gasteiger partial charge in [0, 0.05) is 12.5 Å². The van der Waals surface area contributed by atoms with Gasteiger partial charge >= 0.3 is 12.8 Å². The number of hydrogen-bond donors (Lipinski definition) is 1. The Balaban J connectivity index is 3.18. The highest BCUT2D eigenvalue weighted by Gasteiger charge is 2.43. The third-order valence-electron chi connectivity index (χ3n) is 2.12. The van der Waals surface area contributed by atoms with E-state index in [0.29, 0.717) is 0 Å². The van der Waals surface area contributed by atoms with E-state index in [1.807, 2.05) is 0 Å². The number of amides is 1. The smallest absolute Gasteiger partial charge is 0.413 e. The number of ether oxygens (including phenoxy) is 1. The number of carbonyl (C=O) groups is 1. The van der Waals surface area contributed by atoms with Gasteiger partial charge in [-0.25, -0.2) is 0 Å². The lowest BCUT2D eigenvalue weighted by Gasteiger charge is -2.23. The summed E-state index contributed by atoms with van der Waals surface area (Å²) >= 11 is 0. The number of carbonyl (C=O) groups excluding carboxylic acids is 1. The van der Waals surface area contributed by atoms with Crippen molar-refractivity contribution in [2.75, 3.05) is 0 Å². The monoisotopic (exact) mass is 283 g/mol. The van der Waals surface area contributed by atoms with E-state index in [4.69, 9.17) is 0 Å². The molecule has 1 aromatic carbocycles. The second-order valence-corrected chi connectivity index (χ2v) is 3.59. The molecule has 0 aliphatic heterocycles. The van der Waals surface area contributed by atoms with Crippen LogP contribution in [0.25, 0.3) is 0 Å². The van der Waals surface area contributed by atoms with Crippen molar-refractivity contribution in [2.24, 2.45) is 0 Å². The maximum Gasteiger partial charge on any atom is 0.413 e. The molecule has 0 fully saturated rings. The van der Waals surface area contributed by atoms with Gasteiger partial charge in [0.05, 0.1) is 0 Å². The van der Waals surface area contributed by atoms with Gasteiger partial charge in [-0.15, -0.1) is 0 Å². The minimum atomic E-state index is -4.83. The van der Waals surface area contributed by atoms with Gasteiger partial charge in [0.2, 0.25) is 5.91 Å². The summed E-state index contributed by atoms with van der Waals surface area (Å²) in [5.74, 6) is -1.57. The molecule has 1 amide bonds. The summed E-state index contributed by atoms with van der Waals surface area (Å²) < 4.78 is 66.8. The Morgan fingerprint density at radius 3 is 2.32 bits per heavy atom. The first-order chi connectivity index (χ1) is 8.71. The van der Waals surface area contributed by atoms with E-state index >= 15 is 0 Å².